The van der Waals surface area contributed by atoms with Gasteiger partial charge in [-0.3, -0.25) is 0 Å². The highest BCUT2D eigenvalue weighted by molar-refractivity contribution is 5.88. The molecule has 6 nitrogen and oxygen atoms in total. The quantitative estimate of drug-likeness (QED) is 0.598. The lowest BCUT2D eigenvalue weighted by Crippen LogP contribution is -2.69. The van der Waals surface area contributed by atoms with Gasteiger partial charge in [-0.05, 0) is 54.8 Å². The van der Waals surface area contributed by atoms with Gasteiger partial charge in [0.15, 0.2) is 0 Å². The lowest BCUT2D eigenvalue weighted by atomic mass is 9.44. The minimum absolute atomic E-state index is 0.0439. The maximum Gasteiger partial charge on any atom is 0.228 e. The van der Waals surface area contributed by atoms with Crippen molar-refractivity contribution in [2.75, 3.05) is 33.5 Å². The average Bonchev–Trinajstić information content (AvgIpc) is 2.99. The van der Waals surface area contributed by atoms with Crippen molar-refractivity contribution >= 4 is 5.71 Å². The van der Waals surface area contributed by atoms with E-state index in [9.17, 15) is 0 Å². The summed E-state index contributed by atoms with van der Waals surface area (Å²) >= 11 is 0. The Balaban J connectivity index is 1.50. The Bertz CT molecular complexity index is 727. The summed E-state index contributed by atoms with van der Waals surface area (Å²) in [5, 5.41) is 4.68. The van der Waals surface area contributed by atoms with E-state index in [1.165, 1.54) is 44.2 Å². The zero-order valence-corrected chi connectivity index (χ0v) is 18.8. The van der Waals surface area contributed by atoms with Crippen molar-refractivity contribution in [1.82, 2.24) is 0 Å². The number of nitrogens with zero attached hydrogens (tertiary/aromatic N) is 1. The normalized spacial score (nSPS) is 56.3. The maximum atomic E-state index is 6.60. The summed E-state index contributed by atoms with van der Waals surface area (Å²) in [5.74, 6) is 0.173. The Kier molecular flexibility index (Phi) is 4.43. The molecule has 4 aliphatic carbocycles. The van der Waals surface area contributed by atoms with Crippen molar-refractivity contribution in [1.29, 1.82) is 0 Å². The van der Waals surface area contributed by atoms with Crippen molar-refractivity contribution in [2.24, 2.45) is 39.7 Å². The van der Waals surface area contributed by atoms with Gasteiger partial charge in [-0.2, -0.15) is 0 Å². The Morgan fingerprint density at radius 3 is 2.40 bits per heavy atom. The molecular weight excluding hydrogens is 382 g/mol. The van der Waals surface area contributed by atoms with Crippen LogP contribution in [0.1, 0.15) is 65.2 Å². The largest absolute Gasteiger partial charge is 0.399 e. The summed E-state index contributed by atoms with van der Waals surface area (Å²) in [6.07, 6.45) is 9.64. The highest BCUT2D eigenvalue weighted by Gasteiger charge is 2.78. The first-order chi connectivity index (χ1) is 14.5. The zero-order chi connectivity index (χ0) is 20.6. The second-order valence-electron chi connectivity index (χ2n) is 11.2. The molecule has 2 heterocycles. The molecule has 6 aliphatic rings. The fourth-order valence-electron chi connectivity index (χ4n) is 8.88. The summed E-state index contributed by atoms with van der Waals surface area (Å²) in [7, 11) is 1.69. The van der Waals surface area contributed by atoms with Crippen molar-refractivity contribution in [2.45, 2.75) is 76.8 Å². The lowest BCUT2D eigenvalue weighted by molar-refractivity contribution is -0.464. The average molecular weight is 420 g/mol. The second-order valence-corrected chi connectivity index (χ2v) is 11.2. The summed E-state index contributed by atoms with van der Waals surface area (Å²) < 4.78 is 26.0. The molecule has 6 atom stereocenters. The number of oxime groups is 1. The van der Waals surface area contributed by atoms with Gasteiger partial charge in [-0.15, -0.1) is 0 Å². The van der Waals surface area contributed by atoms with Crippen LogP contribution in [0.5, 0.6) is 0 Å². The number of ether oxygens (including phenoxy) is 4. The minimum Gasteiger partial charge on any atom is -0.399 e. The molecule has 0 N–H and O–H groups in total. The van der Waals surface area contributed by atoms with E-state index >= 15 is 0 Å². The molecule has 168 valence electrons. The van der Waals surface area contributed by atoms with E-state index < -0.39 is 11.6 Å². The van der Waals surface area contributed by atoms with Gasteiger partial charge < -0.3 is 23.8 Å². The molecule has 0 aromatic rings. The van der Waals surface area contributed by atoms with Gasteiger partial charge in [0, 0.05) is 18.3 Å². The SMILES string of the molecule is CO/N=C1\C[C@H]2CCCC[C@]2(C)[C@H]2CC[C@]3(C)CC45OCCOC4(OCCO5)[C@H]3[C@H]12. The Morgan fingerprint density at radius 2 is 1.67 bits per heavy atom. The van der Waals surface area contributed by atoms with E-state index in [-0.39, 0.29) is 11.3 Å². The van der Waals surface area contributed by atoms with Crippen molar-refractivity contribution in [3.05, 3.63) is 0 Å². The molecule has 0 unspecified atom stereocenters. The first-order valence-corrected chi connectivity index (χ1v) is 12.1. The van der Waals surface area contributed by atoms with E-state index in [4.69, 9.17) is 23.8 Å². The third-order valence-corrected chi connectivity index (χ3v) is 9.96. The molecule has 0 radical (unpaired) electrons. The van der Waals surface area contributed by atoms with Gasteiger partial charge in [0.2, 0.25) is 11.6 Å². The summed E-state index contributed by atoms with van der Waals surface area (Å²) in [4.78, 5) is 5.44. The summed E-state index contributed by atoms with van der Waals surface area (Å²) in [6, 6.07) is 0. The monoisotopic (exact) mass is 419 g/mol. The smallest absolute Gasteiger partial charge is 0.228 e. The molecule has 0 amide bonds. The molecular formula is C24H37NO5. The maximum absolute atomic E-state index is 6.60. The molecule has 6 rings (SSSR count). The van der Waals surface area contributed by atoms with Crippen LogP contribution in [0.15, 0.2) is 5.16 Å². The Hall–Kier alpha value is -0.690. The first-order valence-electron chi connectivity index (χ1n) is 12.1. The third-order valence-electron chi connectivity index (χ3n) is 9.96. The van der Waals surface area contributed by atoms with Gasteiger partial charge >= 0.3 is 0 Å². The van der Waals surface area contributed by atoms with Gasteiger partial charge in [0.05, 0.1) is 32.1 Å². The number of fused-ring (bicyclic) bond motifs is 5. The van der Waals surface area contributed by atoms with E-state index in [0.717, 1.165) is 12.8 Å². The number of hydrogen-bond donors (Lipinski definition) is 0. The van der Waals surface area contributed by atoms with E-state index in [0.29, 0.717) is 49.6 Å². The van der Waals surface area contributed by atoms with Crippen LogP contribution in [0, 0.1) is 34.5 Å². The fraction of sp³-hybridized carbons (Fsp3) is 0.958. The summed E-state index contributed by atoms with van der Waals surface area (Å²) in [6.45, 7) is 7.25. The Morgan fingerprint density at radius 1 is 0.933 bits per heavy atom. The van der Waals surface area contributed by atoms with E-state index in [2.05, 4.69) is 19.0 Å². The first kappa shape index (κ1) is 20.0. The van der Waals surface area contributed by atoms with Crippen molar-refractivity contribution < 1.29 is 23.8 Å². The minimum atomic E-state index is -0.825. The molecule has 0 bridgehead atoms. The van der Waals surface area contributed by atoms with Crippen LogP contribution in [-0.4, -0.2) is 50.8 Å². The van der Waals surface area contributed by atoms with Gasteiger partial charge in [0.1, 0.15) is 7.11 Å². The highest BCUT2D eigenvalue weighted by Crippen LogP contribution is 2.72. The van der Waals surface area contributed by atoms with Gasteiger partial charge in [-0.25, -0.2) is 0 Å². The molecule has 6 heteroatoms. The van der Waals surface area contributed by atoms with Crippen LogP contribution in [0.3, 0.4) is 0 Å². The van der Waals surface area contributed by atoms with Crippen LogP contribution >= 0.6 is 0 Å². The molecule has 0 spiro atoms. The second kappa shape index (κ2) is 6.66. The van der Waals surface area contributed by atoms with Crippen molar-refractivity contribution in [3.8, 4) is 0 Å². The molecule has 0 aromatic carbocycles. The number of rotatable bonds is 1. The van der Waals surface area contributed by atoms with Gasteiger partial charge in [0.25, 0.3) is 0 Å². The zero-order valence-electron chi connectivity index (χ0n) is 18.8. The molecule has 2 aliphatic heterocycles. The topological polar surface area (TPSA) is 58.5 Å². The van der Waals surface area contributed by atoms with Crippen LogP contribution < -0.4 is 0 Å². The predicted molar refractivity (Wildman–Crippen MR) is 111 cm³/mol. The van der Waals surface area contributed by atoms with Crippen LogP contribution in [0.25, 0.3) is 0 Å². The Labute approximate surface area is 180 Å². The van der Waals surface area contributed by atoms with E-state index in [1.807, 2.05) is 0 Å². The molecule has 0 aromatic heterocycles. The molecule has 2 saturated heterocycles. The predicted octanol–water partition coefficient (Wildman–Crippen LogP) is 4.13. The van der Waals surface area contributed by atoms with Crippen LogP contribution in [0.2, 0.25) is 0 Å². The van der Waals surface area contributed by atoms with Gasteiger partial charge in [-0.1, -0.05) is 31.8 Å². The molecule has 30 heavy (non-hydrogen) atoms. The highest BCUT2D eigenvalue weighted by atomic mass is 16.8. The summed E-state index contributed by atoms with van der Waals surface area (Å²) in [5.41, 5.74) is 1.64. The van der Waals surface area contributed by atoms with Crippen molar-refractivity contribution in [3.63, 3.8) is 0 Å². The van der Waals surface area contributed by atoms with E-state index in [1.54, 1.807) is 7.11 Å². The van der Waals surface area contributed by atoms with Crippen LogP contribution in [-0.2, 0) is 23.8 Å². The molecule has 6 fully saturated rings. The third kappa shape index (κ3) is 2.37. The van der Waals surface area contributed by atoms with Crippen LogP contribution in [0.4, 0.5) is 0 Å². The lowest BCUT2D eigenvalue weighted by Gasteiger charge is -2.62. The standard InChI is InChI=1S/C24H37NO5/c1-21-9-7-17-19(18(25-26-3)14-16-6-4-5-8-22(16,17)2)20(21)24-23(15-21,27-10-12-29-24)28-11-13-30-24/h16-17,19-20H,4-15H2,1-3H3/b25-18+/t16-,17+,19+,20+,21-,22+,23?,24?/m1/s1. The fourth-order valence-corrected chi connectivity index (χ4v) is 8.88. The number of hydrogen-bond acceptors (Lipinski definition) is 6. The molecule has 4 saturated carbocycles.